The monoisotopic (exact) mass is 417 g/mol. The van der Waals surface area contributed by atoms with Crippen LogP contribution in [0.15, 0.2) is 53.4 Å². The molecule has 2 aromatic carbocycles. The van der Waals surface area contributed by atoms with E-state index in [2.05, 4.69) is 4.72 Å². The van der Waals surface area contributed by atoms with Gasteiger partial charge >= 0.3 is 5.97 Å². The smallest absolute Gasteiger partial charge is 0.324 e. The number of aldehydes is 1. The van der Waals surface area contributed by atoms with E-state index in [1.807, 2.05) is 0 Å². The average Bonchev–Trinajstić information content (AvgIpc) is 2.64. The Morgan fingerprint density at radius 3 is 1.86 bits per heavy atom. The first-order valence-corrected chi connectivity index (χ1v) is 10.8. The Labute approximate surface area is 172 Å². The van der Waals surface area contributed by atoms with E-state index >= 15 is 0 Å². The summed E-state index contributed by atoms with van der Waals surface area (Å²) in [5.41, 5.74) is 1.53. The van der Waals surface area contributed by atoms with Gasteiger partial charge in [0.05, 0.1) is 4.90 Å². The Kier molecular flexibility index (Phi) is 6.97. The first-order chi connectivity index (χ1) is 13.4. The normalized spacial score (nSPS) is 13.2. The molecule has 1 atom stereocenters. The van der Waals surface area contributed by atoms with E-state index in [1.54, 1.807) is 71.0 Å². The molecule has 0 aliphatic rings. The SMILES string of the molecule is CC(C)[C@H](NS(=O)(=O)c1ccc(-c2ccc(C=O)cc2)cc1)C(=O)OC(C)(C)C. The van der Waals surface area contributed by atoms with Gasteiger partial charge in [-0.05, 0) is 49.9 Å². The van der Waals surface area contributed by atoms with Crippen LogP contribution in [0.1, 0.15) is 45.0 Å². The molecule has 0 heterocycles. The summed E-state index contributed by atoms with van der Waals surface area (Å²) in [7, 11) is -3.91. The van der Waals surface area contributed by atoms with E-state index in [0.29, 0.717) is 5.56 Å². The molecule has 0 saturated heterocycles. The summed E-state index contributed by atoms with van der Waals surface area (Å²) in [4.78, 5) is 23.2. The molecule has 0 saturated carbocycles. The van der Waals surface area contributed by atoms with Gasteiger partial charge in [-0.2, -0.15) is 4.72 Å². The van der Waals surface area contributed by atoms with Gasteiger partial charge in [0.25, 0.3) is 0 Å². The molecule has 1 N–H and O–H groups in total. The molecule has 0 bridgehead atoms. The molecule has 0 radical (unpaired) electrons. The number of benzene rings is 2. The number of hydrogen-bond donors (Lipinski definition) is 1. The van der Waals surface area contributed by atoms with Gasteiger partial charge in [-0.25, -0.2) is 8.42 Å². The van der Waals surface area contributed by atoms with Gasteiger partial charge < -0.3 is 4.74 Å². The van der Waals surface area contributed by atoms with Crippen molar-refractivity contribution in [1.82, 2.24) is 4.72 Å². The Balaban J connectivity index is 2.22. The number of carbonyl (C=O) groups is 2. The molecule has 2 aromatic rings. The highest BCUT2D eigenvalue weighted by molar-refractivity contribution is 7.89. The van der Waals surface area contributed by atoms with Crippen LogP contribution in [0.3, 0.4) is 0 Å². The molecule has 0 unspecified atom stereocenters. The summed E-state index contributed by atoms with van der Waals surface area (Å²) in [6.45, 7) is 8.71. The second kappa shape index (κ2) is 8.88. The van der Waals surface area contributed by atoms with Crippen molar-refractivity contribution in [3.63, 3.8) is 0 Å². The van der Waals surface area contributed by atoms with Crippen LogP contribution in [-0.2, 0) is 19.6 Å². The lowest BCUT2D eigenvalue weighted by Gasteiger charge is -2.26. The van der Waals surface area contributed by atoms with E-state index in [1.165, 1.54) is 12.1 Å². The lowest BCUT2D eigenvalue weighted by Crippen LogP contribution is -2.47. The topological polar surface area (TPSA) is 89.5 Å². The van der Waals surface area contributed by atoms with Crippen molar-refractivity contribution in [2.45, 2.75) is 51.2 Å². The number of esters is 1. The minimum absolute atomic E-state index is 0.0555. The van der Waals surface area contributed by atoms with E-state index in [4.69, 9.17) is 4.74 Å². The van der Waals surface area contributed by atoms with Crippen molar-refractivity contribution in [3.05, 3.63) is 54.1 Å². The van der Waals surface area contributed by atoms with Crippen LogP contribution in [0, 0.1) is 5.92 Å². The number of ether oxygens (including phenoxy) is 1. The minimum atomic E-state index is -3.91. The highest BCUT2D eigenvalue weighted by Crippen LogP contribution is 2.22. The summed E-state index contributed by atoms with van der Waals surface area (Å²) < 4.78 is 33.4. The third kappa shape index (κ3) is 6.24. The maximum Gasteiger partial charge on any atom is 0.324 e. The van der Waals surface area contributed by atoms with E-state index in [-0.39, 0.29) is 10.8 Å². The van der Waals surface area contributed by atoms with Gasteiger partial charge in [-0.3, -0.25) is 9.59 Å². The van der Waals surface area contributed by atoms with Crippen molar-refractivity contribution in [3.8, 4) is 11.1 Å². The number of nitrogens with one attached hydrogen (secondary N) is 1. The first kappa shape index (κ1) is 22.8. The summed E-state index contributed by atoms with van der Waals surface area (Å²) in [6, 6.07) is 12.3. The molecule has 0 amide bonds. The molecular formula is C22H27NO5S. The van der Waals surface area contributed by atoms with Crippen LogP contribution >= 0.6 is 0 Å². The molecule has 156 valence electrons. The second-order valence-corrected chi connectivity index (χ2v) is 9.85. The molecule has 7 heteroatoms. The fourth-order valence-corrected chi connectivity index (χ4v) is 3.97. The van der Waals surface area contributed by atoms with Crippen molar-refractivity contribution >= 4 is 22.3 Å². The summed E-state index contributed by atoms with van der Waals surface area (Å²) in [5.74, 6) is -0.891. The quantitative estimate of drug-likeness (QED) is 0.547. The number of carbonyl (C=O) groups excluding carboxylic acids is 2. The zero-order valence-corrected chi connectivity index (χ0v) is 18.1. The molecular weight excluding hydrogens is 390 g/mol. The molecule has 0 spiro atoms. The van der Waals surface area contributed by atoms with Crippen molar-refractivity contribution in [1.29, 1.82) is 0 Å². The lowest BCUT2D eigenvalue weighted by atomic mass is 10.0. The molecule has 29 heavy (non-hydrogen) atoms. The molecule has 0 aromatic heterocycles. The summed E-state index contributed by atoms with van der Waals surface area (Å²) in [6.07, 6.45) is 0.765. The zero-order chi connectivity index (χ0) is 21.8. The predicted molar refractivity (Wildman–Crippen MR) is 112 cm³/mol. The fraction of sp³-hybridized carbons (Fsp3) is 0.364. The van der Waals surface area contributed by atoms with Gasteiger partial charge in [0.15, 0.2) is 0 Å². The predicted octanol–water partition coefficient (Wildman–Crippen LogP) is 3.81. The third-order valence-electron chi connectivity index (χ3n) is 4.15. The molecule has 0 fully saturated rings. The maximum atomic E-state index is 12.8. The van der Waals surface area contributed by atoms with Crippen molar-refractivity contribution in [2.75, 3.05) is 0 Å². The van der Waals surface area contributed by atoms with E-state index in [0.717, 1.165) is 17.4 Å². The largest absolute Gasteiger partial charge is 0.459 e. The van der Waals surface area contributed by atoms with Gasteiger partial charge in [0.1, 0.15) is 17.9 Å². The van der Waals surface area contributed by atoms with Crippen molar-refractivity contribution in [2.24, 2.45) is 5.92 Å². The Hall–Kier alpha value is -2.51. The van der Waals surface area contributed by atoms with Crippen molar-refractivity contribution < 1.29 is 22.7 Å². The van der Waals surface area contributed by atoms with E-state index < -0.39 is 27.6 Å². The first-order valence-electron chi connectivity index (χ1n) is 9.34. The van der Waals surface area contributed by atoms with Gasteiger partial charge in [0, 0.05) is 5.56 Å². The van der Waals surface area contributed by atoms with Gasteiger partial charge in [-0.1, -0.05) is 50.2 Å². The average molecular weight is 418 g/mol. The van der Waals surface area contributed by atoms with Crippen LogP contribution in [0.2, 0.25) is 0 Å². The van der Waals surface area contributed by atoms with Crippen LogP contribution in [0.5, 0.6) is 0 Å². The Bertz CT molecular complexity index is 956. The summed E-state index contributed by atoms with van der Waals surface area (Å²) >= 11 is 0. The van der Waals surface area contributed by atoms with Crippen LogP contribution < -0.4 is 4.72 Å². The fourth-order valence-electron chi connectivity index (χ4n) is 2.64. The highest BCUT2D eigenvalue weighted by atomic mass is 32.2. The second-order valence-electron chi connectivity index (χ2n) is 8.14. The van der Waals surface area contributed by atoms with Crippen LogP contribution in [0.25, 0.3) is 11.1 Å². The number of rotatable bonds is 7. The summed E-state index contributed by atoms with van der Waals surface area (Å²) in [5, 5.41) is 0. The Morgan fingerprint density at radius 1 is 0.966 bits per heavy atom. The number of hydrogen-bond acceptors (Lipinski definition) is 5. The lowest BCUT2D eigenvalue weighted by molar-refractivity contribution is -0.158. The minimum Gasteiger partial charge on any atom is -0.459 e. The molecule has 6 nitrogen and oxygen atoms in total. The van der Waals surface area contributed by atoms with E-state index in [9.17, 15) is 18.0 Å². The maximum absolute atomic E-state index is 12.8. The third-order valence-corrected chi connectivity index (χ3v) is 5.61. The van der Waals surface area contributed by atoms with Gasteiger partial charge in [0.2, 0.25) is 10.0 Å². The standard InChI is InChI=1S/C22H27NO5S/c1-15(2)20(21(25)28-22(3,4)5)23-29(26,27)19-12-10-18(11-13-19)17-8-6-16(14-24)7-9-17/h6-15,20,23H,1-5H3/t20-/m0/s1. The number of sulfonamides is 1. The van der Waals surface area contributed by atoms with Crippen LogP contribution in [0.4, 0.5) is 0 Å². The van der Waals surface area contributed by atoms with Gasteiger partial charge in [-0.15, -0.1) is 0 Å². The molecule has 0 aliphatic heterocycles. The highest BCUT2D eigenvalue weighted by Gasteiger charge is 2.32. The van der Waals surface area contributed by atoms with Crippen LogP contribution in [-0.4, -0.2) is 32.3 Å². The Morgan fingerprint density at radius 2 is 1.45 bits per heavy atom. The molecule has 0 aliphatic carbocycles. The molecule has 2 rings (SSSR count). The zero-order valence-electron chi connectivity index (χ0n) is 17.3.